The van der Waals surface area contributed by atoms with E-state index in [-0.39, 0.29) is 23.0 Å². The van der Waals surface area contributed by atoms with Gasteiger partial charge in [0.05, 0.1) is 0 Å². The van der Waals surface area contributed by atoms with Crippen LogP contribution in [-0.4, -0.2) is 29.9 Å². The average molecular weight is 277 g/mol. The van der Waals surface area contributed by atoms with E-state index in [2.05, 4.69) is 19.2 Å². The van der Waals surface area contributed by atoms with Gasteiger partial charge in [-0.15, -0.1) is 0 Å². The summed E-state index contributed by atoms with van der Waals surface area (Å²) in [5, 5.41) is 12.6. The van der Waals surface area contributed by atoms with Gasteiger partial charge < -0.3 is 10.4 Å². The highest BCUT2D eigenvalue weighted by atomic mass is 16.4. The van der Waals surface area contributed by atoms with Crippen molar-refractivity contribution in [3.8, 4) is 0 Å². The maximum atomic E-state index is 11.9. The molecule has 4 nitrogen and oxygen atoms in total. The zero-order valence-electron chi connectivity index (χ0n) is 12.4. The molecule has 0 amide bonds. The van der Waals surface area contributed by atoms with Crippen molar-refractivity contribution < 1.29 is 14.7 Å². The summed E-state index contributed by atoms with van der Waals surface area (Å²) >= 11 is 0. The molecule has 2 aliphatic rings. The molecular weight excluding hydrogens is 254 g/mol. The van der Waals surface area contributed by atoms with E-state index in [0.29, 0.717) is 18.5 Å². The molecule has 0 bridgehead atoms. The van der Waals surface area contributed by atoms with Crippen LogP contribution in [0.4, 0.5) is 0 Å². The van der Waals surface area contributed by atoms with Gasteiger partial charge in [0, 0.05) is 23.5 Å². The molecule has 0 aromatic heterocycles. The Kier molecular flexibility index (Phi) is 4.14. The molecular formula is C16H23NO3. The Morgan fingerprint density at radius 3 is 2.65 bits per heavy atom. The second-order valence-corrected chi connectivity index (χ2v) is 6.02. The number of nitrogens with one attached hydrogen (secondary N) is 1. The zero-order valence-corrected chi connectivity index (χ0v) is 12.4. The Hall–Kier alpha value is -1.42. The Morgan fingerprint density at radius 1 is 1.40 bits per heavy atom. The van der Waals surface area contributed by atoms with Crippen LogP contribution in [0.5, 0.6) is 0 Å². The molecule has 1 unspecified atom stereocenters. The summed E-state index contributed by atoms with van der Waals surface area (Å²) in [6, 6.07) is 0. The van der Waals surface area contributed by atoms with E-state index < -0.39 is 5.97 Å². The number of carboxylic acid groups (broad SMARTS) is 1. The molecule has 1 saturated heterocycles. The van der Waals surface area contributed by atoms with Crippen LogP contribution in [0.15, 0.2) is 23.3 Å². The standard InChI is InChI=1S/C16H23NO3/c1-4-16(14-9-17-8-13(14)11(3)18)7-12(15(19)20)6-5-10(16)2/h5-6,13-14,17H,4,7-9H2,1-3H3,(H,19,20)/t13-,14+,16?/m0/s1. The van der Waals surface area contributed by atoms with Gasteiger partial charge in [-0.3, -0.25) is 4.79 Å². The van der Waals surface area contributed by atoms with E-state index in [4.69, 9.17) is 0 Å². The lowest BCUT2D eigenvalue weighted by Crippen LogP contribution is -2.40. The van der Waals surface area contributed by atoms with Gasteiger partial charge in [-0.2, -0.15) is 0 Å². The molecule has 20 heavy (non-hydrogen) atoms. The Labute approximate surface area is 119 Å². The highest BCUT2D eigenvalue weighted by Crippen LogP contribution is 2.50. The number of rotatable bonds is 4. The topological polar surface area (TPSA) is 66.4 Å². The lowest BCUT2D eigenvalue weighted by atomic mass is 9.60. The fourth-order valence-corrected chi connectivity index (χ4v) is 3.85. The highest BCUT2D eigenvalue weighted by molar-refractivity contribution is 5.87. The van der Waals surface area contributed by atoms with Crippen molar-refractivity contribution in [3.63, 3.8) is 0 Å². The molecule has 1 aliphatic heterocycles. The maximum absolute atomic E-state index is 11.9. The molecule has 1 aliphatic carbocycles. The number of hydrogen-bond acceptors (Lipinski definition) is 3. The van der Waals surface area contributed by atoms with Crippen molar-refractivity contribution in [2.45, 2.75) is 33.6 Å². The first-order valence-electron chi connectivity index (χ1n) is 7.24. The first kappa shape index (κ1) is 15.0. The van der Waals surface area contributed by atoms with Crippen LogP contribution in [-0.2, 0) is 9.59 Å². The van der Waals surface area contributed by atoms with Gasteiger partial charge >= 0.3 is 5.97 Å². The summed E-state index contributed by atoms with van der Waals surface area (Å²) in [6.45, 7) is 7.30. The molecule has 3 atom stereocenters. The number of Topliss-reactive ketones (excluding diaryl/α,β-unsaturated/α-hetero) is 1. The van der Waals surface area contributed by atoms with Crippen LogP contribution in [0.2, 0.25) is 0 Å². The van der Waals surface area contributed by atoms with E-state index in [1.807, 2.05) is 6.08 Å². The highest BCUT2D eigenvalue weighted by Gasteiger charge is 2.48. The largest absolute Gasteiger partial charge is 0.478 e. The maximum Gasteiger partial charge on any atom is 0.331 e. The normalized spacial score (nSPS) is 33.5. The molecule has 2 rings (SSSR count). The van der Waals surface area contributed by atoms with Gasteiger partial charge in [-0.05, 0) is 39.2 Å². The van der Waals surface area contributed by atoms with E-state index in [0.717, 1.165) is 13.0 Å². The molecule has 4 heteroatoms. The van der Waals surface area contributed by atoms with Crippen molar-refractivity contribution in [1.82, 2.24) is 5.32 Å². The quantitative estimate of drug-likeness (QED) is 0.826. The SMILES string of the molecule is CCC1([C@@H]2CNC[C@H]2C(C)=O)CC(C(=O)O)=CC=C1C. The molecule has 2 N–H and O–H groups in total. The molecule has 1 fully saturated rings. The average Bonchev–Trinajstić information content (AvgIpc) is 2.89. The summed E-state index contributed by atoms with van der Waals surface area (Å²) in [5.41, 5.74) is 1.44. The minimum atomic E-state index is -0.850. The Morgan fingerprint density at radius 2 is 2.10 bits per heavy atom. The van der Waals surface area contributed by atoms with Crippen LogP contribution in [0, 0.1) is 17.3 Å². The number of aliphatic carboxylic acids is 1. The molecule has 0 spiro atoms. The third-order valence-electron chi connectivity index (χ3n) is 5.18. The van der Waals surface area contributed by atoms with Gasteiger partial charge in [-0.25, -0.2) is 4.79 Å². The van der Waals surface area contributed by atoms with E-state index in [1.54, 1.807) is 13.0 Å². The summed E-state index contributed by atoms with van der Waals surface area (Å²) in [7, 11) is 0. The first-order valence-corrected chi connectivity index (χ1v) is 7.24. The minimum Gasteiger partial charge on any atom is -0.478 e. The second kappa shape index (κ2) is 5.52. The number of carbonyl (C=O) groups excluding carboxylic acids is 1. The van der Waals surface area contributed by atoms with Crippen LogP contribution < -0.4 is 5.32 Å². The van der Waals surface area contributed by atoms with E-state index in [9.17, 15) is 14.7 Å². The van der Waals surface area contributed by atoms with Crippen LogP contribution in [0.1, 0.15) is 33.6 Å². The van der Waals surface area contributed by atoms with Crippen LogP contribution in [0.25, 0.3) is 0 Å². The third kappa shape index (κ3) is 2.33. The van der Waals surface area contributed by atoms with E-state index in [1.165, 1.54) is 5.57 Å². The zero-order chi connectivity index (χ0) is 14.9. The number of carboxylic acids is 1. The molecule has 1 heterocycles. The summed E-state index contributed by atoms with van der Waals surface area (Å²) in [6.07, 6.45) is 5.01. The van der Waals surface area contributed by atoms with Gasteiger partial charge in [0.25, 0.3) is 0 Å². The lowest BCUT2D eigenvalue weighted by molar-refractivity contribution is -0.133. The predicted molar refractivity (Wildman–Crippen MR) is 77.3 cm³/mol. The van der Waals surface area contributed by atoms with Gasteiger partial charge in [0.1, 0.15) is 5.78 Å². The minimum absolute atomic E-state index is 0.00792. The molecule has 0 saturated carbocycles. The van der Waals surface area contributed by atoms with Crippen LogP contribution in [0.3, 0.4) is 0 Å². The fraction of sp³-hybridized carbons (Fsp3) is 0.625. The number of allylic oxidation sites excluding steroid dienone is 3. The summed E-state index contributed by atoms with van der Waals surface area (Å²) in [5.74, 6) is -0.472. The summed E-state index contributed by atoms with van der Waals surface area (Å²) < 4.78 is 0. The smallest absolute Gasteiger partial charge is 0.331 e. The third-order valence-corrected chi connectivity index (χ3v) is 5.18. The second-order valence-electron chi connectivity index (χ2n) is 6.02. The molecule has 110 valence electrons. The van der Waals surface area contributed by atoms with Gasteiger partial charge in [0.2, 0.25) is 0 Å². The van der Waals surface area contributed by atoms with Crippen molar-refractivity contribution in [2.75, 3.05) is 13.1 Å². The van der Waals surface area contributed by atoms with Crippen LogP contribution >= 0.6 is 0 Å². The van der Waals surface area contributed by atoms with Gasteiger partial charge in [-0.1, -0.05) is 24.6 Å². The lowest BCUT2D eigenvalue weighted by Gasteiger charge is -2.43. The van der Waals surface area contributed by atoms with Crippen molar-refractivity contribution in [1.29, 1.82) is 0 Å². The number of ketones is 1. The van der Waals surface area contributed by atoms with Crippen molar-refractivity contribution >= 4 is 11.8 Å². The van der Waals surface area contributed by atoms with Crippen molar-refractivity contribution in [2.24, 2.45) is 17.3 Å². The molecule has 0 aromatic carbocycles. The Bertz CT molecular complexity index is 492. The number of carbonyl (C=O) groups is 2. The van der Waals surface area contributed by atoms with Gasteiger partial charge in [0.15, 0.2) is 0 Å². The molecule has 0 aromatic rings. The monoisotopic (exact) mass is 277 g/mol. The number of hydrogen-bond donors (Lipinski definition) is 2. The van der Waals surface area contributed by atoms with Crippen molar-refractivity contribution in [3.05, 3.63) is 23.3 Å². The van der Waals surface area contributed by atoms with E-state index >= 15 is 0 Å². The Balaban J connectivity index is 2.39. The predicted octanol–water partition coefficient (Wildman–Crippen LogP) is 2.17. The molecule has 0 radical (unpaired) electrons. The summed E-state index contributed by atoms with van der Waals surface area (Å²) in [4.78, 5) is 23.2. The first-order chi connectivity index (χ1) is 9.42. The fourth-order valence-electron chi connectivity index (χ4n) is 3.85.